The van der Waals surface area contributed by atoms with E-state index in [2.05, 4.69) is 9.97 Å². The average Bonchev–Trinajstić information content (AvgIpc) is 2.79. The number of carbonyl (C=O) groups excluding carboxylic acids is 1. The first-order valence-corrected chi connectivity index (χ1v) is 11.9. The third-order valence-corrected chi connectivity index (χ3v) is 6.51. The molecule has 2 heterocycles. The fourth-order valence-electron chi connectivity index (χ4n) is 3.41. The van der Waals surface area contributed by atoms with Gasteiger partial charge in [-0.3, -0.25) is 9.78 Å². The maximum atomic E-state index is 13.5. The molecule has 4 rings (SSSR count). The van der Waals surface area contributed by atoms with Gasteiger partial charge in [-0.15, -0.1) is 0 Å². The number of hydrogen-bond donors (Lipinski definition) is 1. The molecule has 2 aromatic carbocycles. The maximum absolute atomic E-state index is 13.5. The number of nitrogen functional groups attached to an aromatic ring is 1. The highest BCUT2D eigenvalue weighted by Crippen LogP contribution is 2.32. The number of sulfone groups is 1. The van der Waals surface area contributed by atoms with Crippen LogP contribution in [-0.2, 0) is 16.4 Å². The van der Waals surface area contributed by atoms with E-state index in [1.165, 1.54) is 17.2 Å². The van der Waals surface area contributed by atoms with Gasteiger partial charge < -0.3 is 10.6 Å². The van der Waals surface area contributed by atoms with Gasteiger partial charge in [0.1, 0.15) is 5.82 Å². The molecule has 0 unspecified atom stereocenters. The third-order valence-electron chi connectivity index (χ3n) is 4.94. The molecule has 0 aliphatic rings. The smallest absolute Gasteiger partial charge is 0.260 e. The molecule has 2 N–H and O–H groups in total. The van der Waals surface area contributed by atoms with E-state index in [0.717, 1.165) is 11.6 Å². The summed E-state index contributed by atoms with van der Waals surface area (Å²) in [7, 11) is -3.61. The van der Waals surface area contributed by atoms with E-state index in [0.29, 0.717) is 27.5 Å². The van der Waals surface area contributed by atoms with Crippen molar-refractivity contribution in [3.05, 3.63) is 89.2 Å². The first kappa shape index (κ1) is 21.7. The number of nitrogens with two attached hydrogens (primary N) is 1. The maximum Gasteiger partial charge on any atom is 0.260 e. The molecule has 0 spiro atoms. The quantitative estimate of drug-likeness (QED) is 0.474. The van der Waals surface area contributed by atoms with Crippen molar-refractivity contribution in [2.24, 2.45) is 0 Å². The first-order valence-electron chi connectivity index (χ1n) is 9.60. The highest BCUT2D eigenvalue weighted by atomic mass is 35.5. The van der Waals surface area contributed by atoms with Gasteiger partial charge in [-0.25, -0.2) is 13.4 Å². The second kappa shape index (κ2) is 8.57. The fraction of sp³-hybridized carbons (Fsp3) is 0.0870. The second-order valence-electron chi connectivity index (χ2n) is 7.22. The predicted octanol–water partition coefficient (Wildman–Crippen LogP) is 4.12. The zero-order valence-corrected chi connectivity index (χ0v) is 18.6. The van der Waals surface area contributed by atoms with E-state index in [4.69, 9.17) is 17.3 Å². The lowest BCUT2D eigenvalue weighted by atomic mass is 10.1. The van der Waals surface area contributed by atoms with Crippen molar-refractivity contribution < 1.29 is 13.2 Å². The van der Waals surface area contributed by atoms with Gasteiger partial charge in [-0.05, 0) is 42.0 Å². The number of benzene rings is 2. The lowest BCUT2D eigenvalue weighted by Gasteiger charge is -2.25. The molecule has 4 aromatic rings. The van der Waals surface area contributed by atoms with Gasteiger partial charge in [0, 0.05) is 24.0 Å². The minimum Gasteiger partial charge on any atom is -0.384 e. The number of anilines is 2. The van der Waals surface area contributed by atoms with E-state index in [9.17, 15) is 13.2 Å². The molecule has 0 atom stereocenters. The van der Waals surface area contributed by atoms with Crippen LogP contribution in [0, 0.1) is 0 Å². The van der Waals surface area contributed by atoms with Gasteiger partial charge in [-0.2, -0.15) is 0 Å². The Morgan fingerprint density at radius 2 is 1.81 bits per heavy atom. The Morgan fingerprint density at radius 3 is 2.53 bits per heavy atom. The molecule has 7 nitrogen and oxygen atoms in total. The Labute approximate surface area is 190 Å². The number of halogens is 1. The lowest BCUT2D eigenvalue weighted by Crippen LogP contribution is -2.32. The van der Waals surface area contributed by atoms with Crippen LogP contribution in [0.5, 0.6) is 0 Å². The monoisotopic (exact) mass is 466 g/mol. The minimum absolute atomic E-state index is 0.0194. The van der Waals surface area contributed by atoms with Crippen LogP contribution in [0.1, 0.15) is 15.9 Å². The van der Waals surface area contributed by atoms with Crippen LogP contribution in [0.15, 0.2) is 78.0 Å². The molecular formula is C23H19ClN4O3S. The zero-order valence-electron chi connectivity index (χ0n) is 17.1. The summed E-state index contributed by atoms with van der Waals surface area (Å²) in [6.07, 6.45) is 4.10. The van der Waals surface area contributed by atoms with Gasteiger partial charge in [0.15, 0.2) is 9.84 Å². The Kier molecular flexibility index (Phi) is 5.82. The average molecular weight is 467 g/mol. The number of pyridine rings is 2. The highest BCUT2D eigenvalue weighted by Gasteiger charge is 2.25. The first-order chi connectivity index (χ1) is 15.3. The fourth-order valence-corrected chi connectivity index (χ4v) is 4.57. The number of rotatable bonds is 5. The number of carbonyl (C=O) groups is 1. The van der Waals surface area contributed by atoms with E-state index in [1.54, 1.807) is 48.7 Å². The number of fused-ring (bicyclic) bond motifs is 1. The summed E-state index contributed by atoms with van der Waals surface area (Å²) in [5.41, 5.74) is 7.49. The lowest BCUT2D eigenvalue weighted by molar-refractivity contribution is 0.0984. The number of amides is 1. The van der Waals surface area contributed by atoms with Crippen LogP contribution in [0.3, 0.4) is 0 Å². The van der Waals surface area contributed by atoms with E-state index in [-0.39, 0.29) is 17.1 Å². The van der Waals surface area contributed by atoms with Crippen LogP contribution >= 0.6 is 11.6 Å². The molecule has 0 aliphatic heterocycles. The van der Waals surface area contributed by atoms with Gasteiger partial charge in [-0.1, -0.05) is 35.9 Å². The van der Waals surface area contributed by atoms with Crippen LogP contribution in [0.4, 0.5) is 11.5 Å². The van der Waals surface area contributed by atoms with Crippen molar-refractivity contribution in [2.45, 2.75) is 11.4 Å². The normalized spacial score (nSPS) is 11.4. The van der Waals surface area contributed by atoms with Crippen molar-refractivity contribution >= 4 is 49.8 Å². The Hall–Kier alpha value is -3.49. The molecule has 9 heteroatoms. The molecule has 0 fully saturated rings. The molecule has 0 radical (unpaired) electrons. The number of para-hydroxylation sites is 1. The topological polar surface area (TPSA) is 106 Å². The summed E-state index contributed by atoms with van der Waals surface area (Å²) < 4.78 is 24.9. The summed E-state index contributed by atoms with van der Waals surface area (Å²) in [6.45, 7) is 0.0194. The summed E-state index contributed by atoms with van der Waals surface area (Å²) in [4.78, 5) is 23.2. The molecule has 1 amide bonds. The highest BCUT2D eigenvalue weighted by molar-refractivity contribution is 7.90. The van der Waals surface area contributed by atoms with Crippen LogP contribution < -0.4 is 10.6 Å². The Morgan fingerprint density at radius 1 is 1.06 bits per heavy atom. The molecule has 32 heavy (non-hydrogen) atoms. The summed E-state index contributed by atoms with van der Waals surface area (Å²) in [6, 6.07) is 16.7. The van der Waals surface area contributed by atoms with E-state index in [1.807, 2.05) is 12.1 Å². The molecule has 0 aliphatic carbocycles. The number of hydrogen-bond acceptors (Lipinski definition) is 6. The van der Waals surface area contributed by atoms with Crippen LogP contribution in [0.25, 0.3) is 10.9 Å². The standard InChI is InChI=1S/C23H19ClN4O3S/c1-32(30,31)19-7-3-2-6-18(19)28(23(29)16-5-4-12-26-13-16)14-17-9-8-15-10-11-20(25)27-22(15)21(17)24/h2-13H,14H2,1H3,(H2,25,27). The zero-order chi connectivity index (χ0) is 22.9. The summed E-state index contributed by atoms with van der Waals surface area (Å²) in [5, 5.41) is 1.14. The van der Waals surface area contributed by atoms with Crippen molar-refractivity contribution in [1.29, 1.82) is 0 Å². The van der Waals surface area contributed by atoms with Crippen molar-refractivity contribution in [1.82, 2.24) is 9.97 Å². The SMILES string of the molecule is CS(=O)(=O)c1ccccc1N(Cc1ccc2ccc(N)nc2c1Cl)C(=O)c1cccnc1. The van der Waals surface area contributed by atoms with Gasteiger partial charge in [0.2, 0.25) is 0 Å². The van der Waals surface area contributed by atoms with Crippen molar-refractivity contribution in [3.8, 4) is 0 Å². The molecular weight excluding hydrogens is 448 g/mol. The van der Waals surface area contributed by atoms with Crippen LogP contribution in [-0.4, -0.2) is 30.5 Å². The Balaban J connectivity index is 1.88. The molecule has 162 valence electrons. The minimum atomic E-state index is -3.61. The van der Waals surface area contributed by atoms with E-state index >= 15 is 0 Å². The Bertz CT molecular complexity index is 1430. The van der Waals surface area contributed by atoms with Gasteiger partial charge in [0.05, 0.1) is 33.2 Å². The second-order valence-corrected chi connectivity index (χ2v) is 9.58. The summed E-state index contributed by atoms with van der Waals surface area (Å²) >= 11 is 6.64. The molecule has 0 saturated heterocycles. The van der Waals surface area contributed by atoms with Crippen LogP contribution in [0.2, 0.25) is 5.02 Å². The molecule has 0 bridgehead atoms. The number of nitrogens with zero attached hydrogens (tertiary/aromatic N) is 3. The molecule has 2 aromatic heterocycles. The van der Waals surface area contributed by atoms with Gasteiger partial charge >= 0.3 is 0 Å². The summed E-state index contributed by atoms with van der Waals surface area (Å²) in [5.74, 6) is -0.0897. The van der Waals surface area contributed by atoms with Crippen molar-refractivity contribution in [3.63, 3.8) is 0 Å². The van der Waals surface area contributed by atoms with E-state index < -0.39 is 15.7 Å². The largest absolute Gasteiger partial charge is 0.384 e. The third kappa shape index (κ3) is 4.28. The predicted molar refractivity (Wildman–Crippen MR) is 125 cm³/mol. The molecule has 0 saturated carbocycles. The number of aromatic nitrogens is 2. The van der Waals surface area contributed by atoms with Gasteiger partial charge in [0.25, 0.3) is 5.91 Å². The van der Waals surface area contributed by atoms with Crippen molar-refractivity contribution in [2.75, 3.05) is 16.9 Å².